The molecule has 0 aliphatic carbocycles. The molecule has 2 aromatic carbocycles. The molecule has 0 bridgehead atoms. The molecule has 0 radical (unpaired) electrons. The van der Waals surface area contributed by atoms with Crippen LogP contribution in [0.25, 0.3) is 0 Å². The highest BCUT2D eigenvalue weighted by atomic mass is 35.5. The second-order valence-electron chi connectivity index (χ2n) is 6.57. The Bertz CT molecular complexity index is 920. The van der Waals surface area contributed by atoms with Gasteiger partial charge in [-0.1, -0.05) is 12.1 Å². The lowest BCUT2D eigenvalue weighted by atomic mass is 10.0. The molecule has 0 N–H and O–H groups in total. The SMILES string of the molecule is COc1ccc(F)c(OC)c1C1CC(Cl)C(=O)N1Cc1ccc(OC(F)(F)F)cc1. The van der Waals surface area contributed by atoms with Crippen molar-refractivity contribution in [1.82, 2.24) is 4.90 Å². The second kappa shape index (κ2) is 8.59. The summed E-state index contributed by atoms with van der Waals surface area (Å²) in [5.41, 5.74) is 0.886. The summed E-state index contributed by atoms with van der Waals surface area (Å²) in [6.07, 6.45) is -4.61. The van der Waals surface area contributed by atoms with E-state index in [1.165, 1.54) is 43.4 Å². The van der Waals surface area contributed by atoms with E-state index in [0.717, 1.165) is 12.1 Å². The van der Waals surface area contributed by atoms with Gasteiger partial charge in [-0.15, -0.1) is 24.8 Å². The number of amides is 1. The molecular formula is C20H18ClF4NO4. The zero-order valence-electron chi connectivity index (χ0n) is 16.0. The standard InChI is InChI=1S/C20H18ClF4NO4/c1-28-16-8-7-14(22)18(29-2)17(16)15-9-13(21)19(27)26(15)10-11-3-5-12(6-4-11)30-20(23,24)25/h3-8,13,15H,9-10H2,1-2H3. The van der Waals surface area contributed by atoms with Gasteiger partial charge in [0.1, 0.15) is 16.9 Å². The van der Waals surface area contributed by atoms with Gasteiger partial charge in [-0.05, 0) is 36.2 Å². The van der Waals surface area contributed by atoms with Gasteiger partial charge in [-0.2, -0.15) is 0 Å². The molecule has 30 heavy (non-hydrogen) atoms. The average Bonchev–Trinajstić information content (AvgIpc) is 2.96. The van der Waals surface area contributed by atoms with E-state index in [-0.39, 0.29) is 30.4 Å². The van der Waals surface area contributed by atoms with Crippen molar-refractivity contribution < 1.29 is 36.6 Å². The van der Waals surface area contributed by atoms with Gasteiger partial charge in [0.05, 0.1) is 25.8 Å². The molecule has 2 unspecified atom stereocenters. The predicted molar refractivity (Wildman–Crippen MR) is 100 cm³/mol. The Hall–Kier alpha value is -2.68. The maximum Gasteiger partial charge on any atom is 0.573 e. The first-order valence-electron chi connectivity index (χ1n) is 8.84. The summed E-state index contributed by atoms with van der Waals surface area (Å²) in [4.78, 5) is 14.1. The van der Waals surface area contributed by atoms with Gasteiger partial charge in [0, 0.05) is 6.54 Å². The normalized spacial score (nSPS) is 19.2. The lowest BCUT2D eigenvalue weighted by Crippen LogP contribution is -2.29. The van der Waals surface area contributed by atoms with Crippen molar-refractivity contribution >= 4 is 17.5 Å². The van der Waals surface area contributed by atoms with Gasteiger partial charge in [0.25, 0.3) is 0 Å². The number of likely N-dealkylation sites (tertiary alicyclic amines) is 1. The third kappa shape index (κ3) is 4.56. The van der Waals surface area contributed by atoms with E-state index >= 15 is 0 Å². The van der Waals surface area contributed by atoms with Gasteiger partial charge in [0.15, 0.2) is 11.6 Å². The molecule has 1 saturated heterocycles. The van der Waals surface area contributed by atoms with Crippen LogP contribution in [0.5, 0.6) is 17.2 Å². The minimum Gasteiger partial charge on any atom is -0.496 e. The number of nitrogens with zero attached hydrogens (tertiary/aromatic N) is 1. The Morgan fingerprint density at radius 3 is 2.33 bits per heavy atom. The van der Waals surface area contributed by atoms with Crippen LogP contribution in [0.4, 0.5) is 17.6 Å². The zero-order chi connectivity index (χ0) is 22.1. The molecular weight excluding hydrogens is 430 g/mol. The first kappa shape index (κ1) is 22.0. The maximum absolute atomic E-state index is 14.3. The fraction of sp³-hybridized carbons (Fsp3) is 0.350. The number of ether oxygens (including phenoxy) is 3. The van der Waals surface area contributed by atoms with E-state index < -0.39 is 23.6 Å². The van der Waals surface area contributed by atoms with E-state index in [2.05, 4.69) is 4.74 Å². The summed E-state index contributed by atoms with van der Waals surface area (Å²) in [7, 11) is 2.72. The fourth-order valence-electron chi connectivity index (χ4n) is 3.47. The Balaban J connectivity index is 1.92. The monoisotopic (exact) mass is 447 g/mol. The average molecular weight is 448 g/mol. The van der Waals surface area contributed by atoms with Crippen LogP contribution >= 0.6 is 11.6 Å². The number of hydrogen-bond donors (Lipinski definition) is 0. The topological polar surface area (TPSA) is 48.0 Å². The lowest BCUT2D eigenvalue weighted by molar-refractivity contribution is -0.274. The summed E-state index contributed by atoms with van der Waals surface area (Å²) in [5, 5.41) is -0.847. The number of methoxy groups -OCH3 is 2. The molecule has 1 heterocycles. The number of alkyl halides is 4. The molecule has 5 nitrogen and oxygen atoms in total. The smallest absolute Gasteiger partial charge is 0.496 e. The Morgan fingerprint density at radius 1 is 1.10 bits per heavy atom. The number of hydrogen-bond acceptors (Lipinski definition) is 4. The minimum atomic E-state index is -4.80. The van der Waals surface area contributed by atoms with Crippen LogP contribution in [-0.4, -0.2) is 36.8 Å². The third-order valence-electron chi connectivity index (χ3n) is 4.73. The van der Waals surface area contributed by atoms with Gasteiger partial charge in [-0.3, -0.25) is 4.79 Å². The molecule has 162 valence electrons. The minimum absolute atomic E-state index is 0.0435. The van der Waals surface area contributed by atoms with Crippen molar-refractivity contribution in [3.8, 4) is 17.2 Å². The zero-order valence-corrected chi connectivity index (χ0v) is 16.8. The van der Waals surface area contributed by atoms with Crippen LogP contribution in [0.1, 0.15) is 23.6 Å². The predicted octanol–water partition coefficient (Wildman–Crippen LogP) is 4.82. The van der Waals surface area contributed by atoms with Crippen LogP contribution in [0.3, 0.4) is 0 Å². The van der Waals surface area contributed by atoms with Crippen molar-refractivity contribution in [3.63, 3.8) is 0 Å². The summed E-state index contributed by atoms with van der Waals surface area (Å²) in [6, 6.07) is 7.10. The van der Waals surface area contributed by atoms with Crippen molar-refractivity contribution in [3.05, 3.63) is 53.3 Å². The number of rotatable bonds is 6. The molecule has 2 aromatic rings. The summed E-state index contributed by atoms with van der Waals surface area (Å²) in [6.45, 7) is 0.0435. The summed E-state index contributed by atoms with van der Waals surface area (Å²) < 4.78 is 65.7. The molecule has 1 fully saturated rings. The van der Waals surface area contributed by atoms with Gasteiger partial charge in [0.2, 0.25) is 5.91 Å². The first-order chi connectivity index (χ1) is 14.1. The van der Waals surface area contributed by atoms with Crippen molar-refractivity contribution in [2.24, 2.45) is 0 Å². The van der Waals surface area contributed by atoms with Crippen LogP contribution in [-0.2, 0) is 11.3 Å². The molecule has 3 rings (SSSR count). The fourth-order valence-corrected chi connectivity index (χ4v) is 3.76. The van der Waals surface area contributed by atoms with Crippen molar-refractivity contribution in [1.29, 1.82) is 0 Å². The molecule has 0 saturated carbocycles. The molecule has 0 spiro atoms. The van der Waals surface area contributed by atoms with E-state index in [1.54, 1.807) is 0 Å². The second-order valence-corrected chi connectivity index (χ2v) is 7.10. The van der Waals surface area contributed by atoms with E-state index in [9.17, 15) is 22.4 Å². The van der Waals surface area contributed by atoms with Gasteiger partial charge >= 0.3 is 6.36 Å². The molecule has 1 aliphatic rings. The highest BCUT2D eigenvalue weighted by molar-refractivity contribution is 6.31. The van der Waals surface area contributed by atoms with Crippen LogP contribution in [0.2, 0.25) is 0 Å². The molecule has 1 aliphatic heterocycles. The quantitative estimate of drug-likeness (QED) is 0.470. The Labute approximate surface area is 175 Å². The van der Waals surface area contributed by atoms with E-state index in [0.29, 0.717) is 16.9 Å². The summed E-state index contributed by atoms with van der Waals surface area (Å²) >= 11 is 6.19. The number of halogens is 5. The van der Waals surface area contributed by atoms with Gasteiger partial charge in [-0.25, -0.2) is 4.39 Å². The van der Waals surface area contributed by atoms with Crippen molar-refractivity contribution in [2.75, 3.05) is 14.2 Å². The first-order valence-corrected chi connectivity index (χ1v) is 9.28. The van der Waals surface area contributed by atoms with Crippen LogP contribution in [0, 0.1) is 5.82 Å². The highest BCUT2D eigenvalue weighted by Gasteiger charge is 2.42. The molecule has 1 amide bonds. The van der Waals surface area contributed by atoms with E-state index in [4.69, 9.17) is 21.1 Å². The number of carbonyl (C=O) groups is 1. The summed E-state index contributed by atoms with van der Waals surface area (Å²) in [5.74, 6) is -1.11. The Morgan fingerprint density at radius 2 is 1.77 bits per heavy atom. The van der Waals surface area contributed by atoms with E-state index in [1.807, 2.05) is 0 Å². The van der Waals surface area contributed by atoms with Crippen LogP contribution in [0.15, 0.2) is 36.4 Å². The molecule has 0 aromatic heterocycles. The largest absolute Gasteiger partial charge is 0.573 e. The lowest BCUT2D eigenvalue weighted by Gasteiger charge is -2.28. The molecule has 2 atom stereocenters. The number of benzene rings is 2. The third-order valence-corrected chi connectivity index (χ3v) is 5.10. The Kier molecular flexibility index (Phi) is 6.30. The highest BCUT2D eigenvalue weighted by Crippen LogP contribution is 2.45. The molecule has 10 heteroatoms. The van der Waals surface area contributed by atoms with Crippen LogP contribution < -0.4 is 14.2 Å². The maximum atomic E-state index is 14.3. The van der Waals surface area contributed by atoms with Gasteiger partial charge < -0.3 is 19.1 Å². The number of carbonyl (C=O) groups excluding carboxylic acids is 1. The van der Waals surface area contributed by atoms with Crippen molar-refractivity contribution in [2.45, 2.75) is 30.7 Å².